The number of hydrogen-bond donors (Lipinski definition) is 1. The molecule has 4 aromatic rings. The van der Waals surface area contributed by atoms with Crippen molar-refractivity contribution in [3.05, 3.63) is 60.2 Å². The van der Waals surface area contributed by atoms with Gasteiger partial charge in [-0.05, 0) is 24.3 Å². The van der Waals surface area contributed by atoms with E-state index in [1.165, 1.54) is 0 Å². The lowest BCUT2D eigenvalue weighted by atomic mass is 9.96. The number of pyridine rings is 2. The number of ether oxygens (including phenoxy) is 3. The fourth-order valence-corrected chi connectivity index (χ4v) is 4.68. The van der Waals surface area contributed by atoms with Gasteiger partial charge in [0.1, 0.15) is 18.1 Å². The van der Waals surface area contributed by atoms with E-state index in [4.69, 9.17) is 14.2 Å². The molecule has 178 valence electrons. The van der Waals surface area contributed by atoms with E-state index in [0.29, 0.717) is 67.4 Å². The quantitative estimate of drug-likeness (QED) is 0.389. The van der Waals surface area contributed by atoms with Crippen molar-refractivity contribution in [1.29, 1.82) is 0 Å². The van der Waals surface area contributed by atoms with Crippen molar-refractivity contribution in [3.63, 3.8) is 0 Å². The number of carbonyl (C=O) groups is 2. The Morgan fingerprint density at radius 3 is 1.83 bits per heavy atom. The van der Waals surface area contributed by atoms with Gasteiger partial charge in [0.25, 0.3) is 11.8 Å². The normalized spacial score (nSPS) is 17.9. The summed E-state index contributed by atoms with van der Waals surface area (Å²) >= 11 is 0. The van der Waals surface area contributed by atoms with Gasteiger partial charge in [-0.3, -0.25) is 14.9 Å². The topological polar surface area (TPSA) is 110 Å². The number of fused-ring (bicyclic) bond motifs is 12. The van der Waals surface area contributed by atoms with E-state index in [1.807, 2.05) is 45.8 Å². The van der Waals surface area contributed by atoms with E-state index in [9.17, 15) is 9.59 Å². The van der Waals surface area contributed by atoms with Crippen LogP contribution in [0, 0.1) is 0 Å². The van der Waals surface area contributed by atoms with E-state index < -0.39 is 11.8 Å². The maximum Gasteiger partial charge on any atom is 0.259 e. The molecule has 0 spiro atoms. The zero-order valence-electron chi connectivity index (χ0n) is 18.9. The first-order valence-electron chi connectivity index (χ1n) is 11.4. The van der Waals surface area contributed by atoms with Gasteiger partial charge in [-0.25, -0.2) is 9.97 Å². The molecule has 0 aromatic carbocycles. The summed E-state index contributed by atoms with van der Waals surface area (Å²) in [5.41, 5.74) is 3.40. The summed E-state index contributed by atoms with van der Waals surface area (Å²) in [5, 5.41) is 4.08. The Kier molecular flexibility index (Phi) is 5.61. The molecule has 6 heterocycles. The second-order valence-corrected chi connectivity index (χ2v) is 8.30. The number of imide groups is 1. The van der Waals surface area contributed by atoms with Crippen LogP contribution < -0.4 is 5.32 Å². The molecule has 2 aliphatic heterocycles. The predicted octanol–water partition coefficient (Wildman–Crippen LogP) is 1.97. The summed E-state index contributed by atoms with van der Waals surface area (Å²) in [6.45, 7) is 2.90. The molecule has 0 saturated carbocycles. The van der Waals surface area contributed by atoms with Crippen molar-refractivity contribution >= 4 is 45.0 Å². The number of hydrogen-bond acceptors (Lipinski definition) is 7. The first-order chi connectivity index (χ1) is 17.2. The molecule has 0 saturated heterocycles. The molecule has 1 N–H and O–H groups in total. The molecule has 4 aromatic heterocycles. The van der Waals surface area contributed by atoms with E-state index in [2.05, 4.69) is 15.3 Å². The predicted molar refractivity (Wildman–Crippen MR) is 127 cm³/mol. The molecule has 2 amide bonds. The van der Waals surface area contributed by atoms with Gasteiger partial charge in [-0.1, -0.05) is 0 Å². The van der Waals surface area contributed by atoms with Gasteiger partial charge in [0.2, 0.25) is 0 Å². The summed E-state index contributed by atoms with van der Waals surface area (Å²) in [5.74, 6) is -0.857. The Morgan fingerprint density at radius 2 is 1.23 bits per heavy atom. The summed E-state index contributed by atoms with van der Waals surface area (Å²) in [7, 11) is 0. The summed E-state index contributed by atoms with van der Waals surface area (Å²) in [4.78, 5) is 35.3. The zero-order chi connectivity index (χ0) is 23.8. The molecule has 0 fully saturated rings. The maximum atomic E-state index is 13.1. The van der Waals surface area contributed by atoms with Gasteiger partial charge in [-0.15, -0.1) is 0 Å². The highest BCUT2D eigenvalue weighted by Crippen LogP contribution is 2.38. The van der Waals surface area contributed by atoms with E-state index in [-0.39, 0.29) is 6.79 Å². The third-order valence-electron chi connectivity index (χ3n) is 6.23. The van der Waals surface area contributed by atoms with Crippen molar-refractivity contribution in [2.75, 3.05) is 33.2 Å². The van der Waals surface area contributed by atoms with Gasteiger partial charge in [0.05, 0.1) is 37.6 Å². The van der Waals surface area contributed by atoms with Gasteiger partial charge in [-0.2, -0.15) is 0 Å². The molecule has 0 radical (unpaired) electrons. The van der Waals surface area contributed by atoms with Gasteiger partial charge in [0.15, 0.2) is 0 Å². The van der Waals surface area contributed by atoms with E-state index >= 15 is 0 Å². The van der Waals surface area contributed by atoms with Gasteiger partial charge in [0, 0.05) is 59.8 Å². The third-order valence-corrected chi connectivity index (χ3v) is 6.23. The van der Waals surface area contributed by atoms with Crippen LogP contribution in [-0.2, 0) is 36.9 Å². The average molecular weight is 473 g/mol. The van der Waals surface area contributed by atoms with Crippen LogP contribution in [-0.4, -0.2) is 64.1 Å². The second kappa shape index (κ2) is 9.06. The number of nitrogens with zero attached hydrogens (tertiary/aromatic N) is 4. The van der Waals surface area contributed by atoms with Crippen LogP contribution in [0.4, 0.5) is 0 Å². The number of rotatable bonds is 0. The minimum Gasteiger partial charge on any atom is -0.377 e. The first kappa shape index (κ1) is 21.7. The summed E-state index contributed by atoms with van der Waals surface area (Å²) in [6.07, 6.45) is 7.15. The van der Waals surface area contributed by atoms with Crippen molar-refractivity contribution in [1.82, 2.24) is 24.4 Å². The van der Waals surface area contributed by atoms with Crippen LogP contribution in [0.1, 0.15) is 11.1 Å². The fraction of sp³-hybridized carbons (Fsp3) is 0.280. The molecular weight excluding hydrogens is 450 g/mol. The maximum absolute atomic E-state index is 13.1. The Hall–Kier alpha value is -3.86. The highest BCUT2D eigenvalue weighted by molar-refractivity contribution is 6.50. The van der Waals surface area contributed by atoms with E-state index in [1.54, 1.807) is 12.4 Å². The van der Waals surface area contributed by atoms with Crippen LogP contribution in [0.3, 0.4) is 0 Å². The number of amides is 2. The number of aromatic nitrogens is 4. The van der Waals surface area contributed by atoms with Crippen LogP contribution in [0.5, 0.6) is 0 Å². The standard InChI is InChI=1S/C25H23N5O5/c31-24-20-18-13-29(22-16(18)3-1-5-26-22)7-9-33-11-12-35-15-34-10-8-30-14-19(21(20)25(32)28-24)17-4-2-6-27-23(17)30/h1-6,13-14H,7-12,15H2,(H,28,31,32). The SMILES string of the molecule is O=C1NC(=O)C2=C1c1cn(c3ncccc13)CCOCCOCOCCn1cc2c2cccnc21. The number of carbonyl (C=O) groups excluding carboxylic acids is 2. The Bertz CT molecular complexity index is 1370. The minimum atomic E-state index is -0.430. The smallest absolute Gasteiger partial charge is 0.259 e. The molecule has 4 bridgehead atoms. The van der Waals surface area contributed by atoms with Gasteiger partial charge >= 0.3 is 0 Å². The fourth-order valence-electron chi connectivity index (χ4n) is 4.68. The lowest BCUT2D eigenvalue weighted by Crippen LogP contribution is -2.22. The molecule has 35 heavy (non-hydrogen) atoms. The summed E-state index contributed by atoms with van der Waals surface area (Å²) < 4.78 is 20.7. The van der Waals surface area contributed by atoms with Crippen molar-refractivity contribution in [2.45, 2.75) is 13.1 Å². The average Bonchev–Trinajstić information content (AvgIpc) is 3.50. The van der Waals surface area contributed by atoms with Crippen molar-refractivity contribution in [2.24, 2.45) is 0 Å². The van der Waals surface area contributed by atoms with Crippen LogP contribution >= 0.6 is 0 Å². The molecule has 2 aliphatic rings. The Morgan fingerprint density at radius 1 is 0.714 bits per heavy atom. The van der Waals surface area contributed by atoms with Crippen LogP contribution in [0.15, 0.2) is 49.1 Å². The molecule has 10 nitrogen and oxygen atoms in total. The lowest BCUT2D eigenvalue weighted by molar-refractivity contribution is -0.122. The lowest BCUT2D eigenvalue weighted by Gasteiger charge is -2.09. The number of nitrogens with one attached hydrogen (secondary N) is 1. The Labute approximate surface area is 200 Å². The monoisotopic (exact) mass is 473 g/mol. The molecule has 0 aliphatic carbocycles. The molecular formula is C25H23N5O5. The molecule has 0 atom stereocenters. The van der Waals surface area contributed by atoms with Gasteiger partial charge < -0.3 is 23.3 Å². The minimum absolute atomic E-state index is 0.157. The molecule has 6 rings (SSSR count). The van der Waals surface area contributed by atoms with Crippen LogP contribution in [0.2, 0.25) is 0 Å². The highest BCUT2D eigenvalue weighted by atomic mass is 16.7. The van der Waals surface area contributed by atoms with Crippen molar-refractivity contribution in [3.8, 4) is 0 Å². The first-order valence-corrected chi connectivity index (χ1v) is 11.4. The Balaban J connectivity index is 1.58. The van der Waals surface area contributed by atoms with Crippen LogP contribution in [0.25, 0.3) is 33.2 Å². The third kappa shape index (κ3) is 3.81. The van der Waals surface area contributed by atoms with E-state index in [0.717, 1.165) is 16.4 Å². The highest BCUT2D eigenvalue weighted by Gasteiger charge is 2.35. The summed E-state index contributed by atoms with van der Waals surface area (Å²) in [6, 6.07) is 7.46. The second-order valence-electron chi connectivity index (χ2n) is 8.30. The zero-order valence-corrected chi connectivity index (χ0v) is 18.9. The largest absolute Gasteiger partial charge is 0.377 e. The van der Waals surface area contributed by atoms with Crippen molar-refractivity contribution < 1.29 is 23.8 Å². The molecule has 10 heteroatoms. The molecule has 0 unspecified atom stereocenters.